The van der Waals surface area contributed by atoms with E-state index in [-0.39, 0.29) is 12.5 Å². The number of benzene rings is 3. The lowest BCUT2D eigenvalue weighted by Gasteiger charge is -2.39. The van der Waals surface area contributed by atoms with Crippen molar-refractivity contribution in [1.82, 2.24) is 10.2 Å². The Bertz CT molecular complexity index is 1510. The molecule has 0 unspecified atom stereocenters. The van der Waals surface area contributed by atoms with E-state index in [2.05, 4.69) is 5.32 Å². The summed E-state index contributed by atoms with van der Waals surface area (Å²) in [6.45, 7) is 6.91. The molecule has 0 spiro atoms. The maximum absolute atomic E-state index is 14.5. The summed E-state index contributed by atoms with van der Waals surface area (Å²) in [5.41, 5.74) is 4.15. The molecule has 0 radical (unpaired) electrons. The van der Waals surface area contributed by atoms with Gasteiger partial charge in [0.05, 0.1) is 6.04 Å². The first-order valence-corrected chi connectivity index (χ1v) is 14.9. The SMILES string of the molecule is CC[C@H](C)[C@@H]([C@H](OC)Oc1c(F)c(F)c(F)c(F)c1F)N(C)C(=O)[C@@H](NC(=O)OCC1c2ccccc2-c2ccccc21)C(C)C. The summed E-state index contributed by atoms with van der Waals surface area (Å²) in [5, 5.41) is 2.63. The molecule has 4 atom stereocenters. The van der Waals surface area contributed by atoms with Crippen LogP contribution >= 0.6 is 0 Å². The lowest BCUT2D eigenvalue weighted by Crippen LogP contribution is -2.58. The number of halogens is 5. The lowest BCUT2D eigenvalue weighted by atomic mass is 9.95. The maximum Gasteiger partial charge on any atom is 0.407 e. The highest BCUT2D eigenvalue weighted by Crippen LogP contribution is 2.44. The van der Waals surface area contributed by atoms with Gasteiger partial charge in [-0.1, -0.05) is 82.6 Å². The molecule has 12 heteroatoms. The molecule has 46 heavy (non-hydrogen) atoms. The number of fused-ring (bicyclic) bond motifs is 3. The molecule has 0 saturated carbocycles. The molecule has 2 amide bonds. The smallest absolute Gasteiger partial charge is 0.407 e. The molecule has 1 aliphatic carbocycles. The van der Waals surface area contributed by atoms with E-state index >= 15 is 0 Å². The number of rotatable bonds is 12. The predicted molar refractivity (Wildman–Crippen MR) is 161 cm³/mol. The molecule has 3 aromatic carbocycles. The topological polar surface area (TPSA) is 77.1 Å². The Morgan fingerprint density at radius 3 is 1.83 bits per heavy atom. The van der Waals surface area contributed by atoms with E-state index in [0.717, 1.165) is 29.4 Å². The summed E-state index contributed by atoms with van der Waals surface area (Å²) in [4.78, 5) is 28.1. The highest BCUT2D eigenvalue weighted by molar-refractivity contribution is 5.86. The van der Waals surface area contributed by atoms with E-state index in [1.807, 2.05) is 48.5 Å². The number of carbonyl (C=O) groups excluding carboxylic acids is 2. The maximum atomic E-state index is 14.5. The number of alkyl carbamates (subject to hydrolysis) is 1. The second-order valence-electron chi connectivity index (χ2n) is 11.6. The van der Waals surface area contributed by atoms with Crippen LogP contribution in [0.5, 0.6) is 5.75 Å². The van der Waals surface area contributed by atoms with Crippen LogP contribution in [0.1, 0.15) is 51.2 Å². The van der Waals surface area contributed by atoms with E-state index in [4.69, 9.17) is 14.2 Å². The van der Waals surface area contributed by atoms with Crippen LogP contribution in [-0.4, -0.2) is 56.0 Å². The Labute approximate surface area is 264 Å². The number of amides is 2. The van der Waals surface area contributed by atoms with Gasteiger partial charge in [-0.15, -0.1) is 0 Å². The van der Waals surface area contributed by atoms with Crippen molar-refractivity contribution < 1.29 is 45.8 Å². The normalized spacial score (nSPS) is 15.0. The highest BCUT2D eigenvalue weighted by Gasteiger charge is 2.40. The van der Waals surface area contributed by atoms with Crippen LogP contribution in [0.4, 0.5) is 26.7 Å². The Hall–Kier alpha value is -4.19. The first-order chi connectivity index (χ1) is 21.8. The van der Waals surface area contributed by atoms with Gasteiger partial charge >= 0.3 is 6.09 Å². The van der Waals surface area contributed by atoms with Gasteiger partial charge in [-0.2, -0.15) is 8.78 Å². The summed E-state index contributed by atoms with van der Waals surface area (Å²) in [6, 6.07) is 13.5. The number of nitrogens with one attached hydrogen (secondary N) is 1. The van der Waals surface area contributed by atoms with Gasteiger partial charge in [0.1, 0.15) is 12.6 Å². The fourth-order valence-electron chi connectivity index (χ4n) is 5.78. The number of hydrogen-bond acceptors (Lipinski definition) is 5. The summed E-state index contributed by atoms with van der Waals surface area (Å²) in [6.07, 6.45) is -2.07. The molecule has 0 saturated heterocycles. The van der Waals surface area contributed by atoms with Crippen molar-refractivity contribution in [3.8, 4) is 16.9 Å². The largest absolute Gasteiger partial charge is 0.456 e. The van der Waals surface area contributed by atoms with Gasteiger partial charge in [-0.3, -0.25) is 4.79 Å². The second kappa shape index (κ2) is 14.5. The quantitative estimate of drug-likeness (QED) is 0.0976. The van der Waals surface area contributed by atoms with Crippen molar-refractivity contribution in [3.63, 3.8) is 0 Å². The minimum absolute atomic E-state index is 0.0195. The Morgan fingerprint density at radius 2 is 1.35 bits per heavy atom. The molecular formula is C34H37F5N2O5. The van der Waals surface area contributed by atoms with Crippen LogP contribution in [0.25, 0.3) is 11.1 Å². The third-order valence-corrected chi connectivity index (χ3v) is 8.49. The van der Waals surface area contributed by atoms with Gasteiger partial charge in [0.25, 0.3) is 0 Å². The Morgan fingerprint density at radius 1 is 0.848 bits per heavy atom. The molecule has 0 bridgehead atoms. The zero-order valence-electron chi connectivity index (χ0n) is 26.4. The molecule has 0 aliphatic heterocycles. The summed E-state index contributed by atoms with van der Waals surface area (Å²) in [7, 11) is 2.49. The van der Waals surface area contributed by atoms with Crippen molar-refractivity contribution in [2.45, 2.75) is 58.4 Å². The molecule has 1 N–H and O–H groups in total. The molecule has 0 heterocycles. The molecule has 0 fully saturated rings. The first kappa shape index (κ1) is 34.7. The molecule has 1 aliphatic rings. The van der Waals surface area contributed by atoms with E-state index in [9.17, 15) is 31.5 Å². The molecule has 3 aromatic rings. The van der Waals surface area contributed by atoms with E-state index in [0.29, 0.717) is 6.42 Å². The molecule has 7 nitrogen and oxygen atoms in total. The average molecular weight is 649 g/mol. The standard InChI is InChI=1S/C34H37F5N2O5/c1-7-18(4)30(33(44-6)46-31-27(38)25(36)24(35)26(37)28(31)39)41(5)32(42)29(17(2)3)40-34(43)45-16-23-21-14-10-8-12-19(21)20-13-9-11-15-22(20)23/h8-15,17-18,23,29-30,33H,7,16H2,1-6H3,(H,40,43)/t18-,29-,30-,33+/m0/s1. The Kier molecular flexibility index (Phi) is 10.9. The number of ether oxygens (including phenoxy) is 3. The zero-order chi connectivity index (χ0) is 33.9. The lowest BCUT2D eigenvalue weighted by molar-refractivity contribution is -0.154. The van der Waals surface area contributed by atoms with Crippen LogP contribution in [0.2, 0.25) is 0 Å². The van der Waals surface area contributed by atoms with Crippen molar-refractivity contribution in [2.24, 2.45) is 11.8 Å². The van der Waals surface area contributed by atoms with Gasteiger partial charge in [-0.25, -0.2) is 18.0 Å². The van der Waals surface area contributed by atoms with Crippen LogP contribution in [0.15, 0.2) is 48.5 Å². The minimum atomic E-state index is -2.33. The van der Waals surface area contributed by atoms with Crippen molar-refractivity contribution >= 4 is 12.0 Å². The van der Waals surface area contributed by atoms with Gasteiger partial charge in [0.2, 0.25) is 47.0 Å². The molecule has 0 aromatic heterocycles. The number of likely N-dealkylation sites (N-methyl/N-ethyl adjacent to an activating group) is 1. The summed E-state index contributed by atoms with van der Waals surface area (Å²) in [5.74, 6) is -14.3. The molecule has 4 rings (SSSR count). The summed E-state index contributed by atoms with van der Waals surface area (Å²) < 4.78 is 86.6. The molecule has 248 valence electrons. The highest BCUT2D eigenvalue weighted by atomic mass is 19.2. The second-order valence-corrected chi connectivity index (χ2v) is 11.6. The first-order valence-electron chi connectivity index (χ1n) is 14.9. The van der Waals surface area contributed by atoms with E-state index in [1.165, 1.54) is 11.9 Å². The van der Waals surface area contributed by atoms with Crippen LogP contribution in [-0.2, 0) is 14.3 Å². The van der Waals surface area contributed by atoms with Crippen LogP contribution in [0, 0.1) is 40.9 Å². The Balaban J connectivity index is 1.52. The average Bonchev–Trinajstić information content (AvgIpc) is 3.38. The van der Waals surface area contributed by atoms with Crippen molar-refractivity contribution in [2.75, 3.05) is 20.8 Å². The van der Waals surface area contributed by atoms with Gasteiger partial charge in [0, 0.05) is 20.1 Å². The van der Waals surface area contributed by atoms with Gasteiger partial charge in [-0.05, 0) is 34.1 Å². The number of carbonyl (C=O) groups is 2. The predicted octanol–water partition coefficient (Wildman–Crippen LogP) is 7.17. The fraction of sp³-hybridized carbons (Fsp3) is 0.412. The summed E-state index contributed by atoms with van der Waals surface area (Å²) >= 11 is 0. The monoisotopic (exact) mass is 648 g/mol. The molecular weight excluding hydrogens is 611 g/mol. The van der Waals surface area contributed by atoms with E-state index in [1.54, 1.807) is 27.7 Å². The van der Waals surface area contributed by atoms with Crippen LogP contribution in [0.3, 0.4) is 0 Å². The van der Waals surface area contributed by atoms with E-state index < -0.39 is 77.0 Å². The number of hydrogen-bond donors (Lipinski definition) is 1. The number of nitrogens with zero attached hydrogens (tertiary/aromatic N) is 1. The minimum Gasteiger partial charge on any atom is -0.456 e. The number of methoxy groups -OCH3 is 1. The van der Waals surface area contributed by atoms with Gasteiger partial charge < -0.3 is 24.4 Å². The third-order valence-electron chi connectivity index (χ3n) is 8.49. The fourth-order valence-corrected chi connectivity index (χ4v) is 5.78. The third kappa shape index (κ3) is 6.67. The van der Waals surface area contributed by atoms with Crippen molar-refractivity contribution in [3.05, 3.63) is 88.7 Å². The zero-order valence-corrected chi connectivity index (χ0v) is 26.4. The van der Waals surface area contributed by atoms with Gasteiger partial charge in [0.15, 0.2) is 0 Å². The van der Waals surface area contributed by atoms with Crippen molar-refractivity contribution in [1.29, 1.82) is 0 Å². The van der Waals surface area contributed by atoms with Crippen LogP contribution < -0.4 is 10.1 Å².